The molecular weight excluding hydrogens is 255 g/mol. The third kappa shape index (κ3) is 2.76. The highest BCUT2D eigenvalue weighted by Gasteiger charge is 2.02. The fourth-order valence-corrected chi connectivity index (χ4v) is 1.47. The predicted octanol–water partition coefficient (Wildman–Crippen LogP) is 4.27. The molecule has 0 amide bonds. The lowest BCUT2D eigenvalue weighted by atomic mass is 10.2. The van der Waals surface area contributed by atoms with Crippen molar-refractivity contribution in [1.29, 1.82) is 0 Å². The van der Waals surface area contributed by atoms with Crippen LogP contribution in [-0.4, -0.2) is 4.98 Å². The van der Waals surface area contributed by atoms with E-state index in [0.29, 0.717) is 17.1 Å². The minimum absolute atomic E-state index is 0.269. The molecule has 5 heteroatoms. The van der Waals surface area contributed by atoms with E-state index in [1.165, 1.54) is 24.5 Å². The summed E-state index contributed by atoms with van der Waals surface area (Å²) in [6, 6.07) is 4.27. The smallest absolute Gasteiger partial charge is 0.218 e. The normalized spacial score (nSPS) is 10.7. The Bertz CT molecular complexity index is 628. The maximum Gasteiger partial charge on any atom is 0.218 e. The van der Waals surface area contributed by atoms with Crippen LogP contribution in [0.15, 0.2) is 28.9 Å². The van der Waals surface area contributed by atoms with Crippen LogP contribution in [0, 0.1) is 12.4 Å². The Morgan fingerprint density at radius 1 is 1.44 bits per heavy atom. The van der Waals surface area contributed by atoms with E-state index in [9.17, 15) is 4.39 Å². The second-order valence-electron chi connectivity index (χ2n) is 3.46. The molecule has 0 aliphatic carbocycles. The van der Waals surface area contributed by atoms with E-state index in [1.807, 2.05) is 0 Å². The molecule has 90 valence electrons. The molecular formula is C13H8ClFN2O. The van der Waals surface area contributed by atoms with Gasteiger partial charge in [-0.25, -0.2) is 14.2 Å². The second kappa shape index (κ2) is 5.48. The van der Waals surface area contributed by atoms with Gasteiger partial charge in [-0.2, -0.15) is 0 Å². The Morgan fingerprint density at radius 3 is 2.89 bits per heavy atom. The van der Waals surface area contributed by atoms with Crippen LogP contribution in [-0.2, 0) is 5.88 Å². The van der Waals surface area contributed by atoms with Crippen molar-refractivity contribution in [2.24, 2.45) is 0 Å². The van der Waals surface area contributed by atoms with Crippen molar-refractivity contribution in [3.05, 3.63) is 58.8 Å². The van der Waals surface area contributed by atoms with Crippen molar-refractivity contribution in [3.8, 4) is 0 Å². The van der Waals surface area contributed by atoms with Crippen LogP contribution in [0.25, 0.3) is 17.0 Å². The minimum Gasteiger partial charge on any atom is -0.445 e. The lowest BCUT2D eigenvalue weighted by molar-refractivity contribution is 0.546. The molecule has 2 aromatic rings. The number of rotatable bonds is 3. The molecule has 0 fully saturated rings. The molecule has 0 aliphatic heterocycles. The molecule has 2 rings (SSSR count). The van der Waals surface area contributed by atoms with Crippen LogP contribution in [0.3, 0.4) is 0 Å². The summed E-state index contributed by atoms with van der Waals surface area (Å²) in [7, 11) is 0. The molecule has 0 N–H and O–H groups in total. The van der Waals surface area contributed by atoms with Gasteiger partial charge < -0.3 is 4.42 Å². The molecule has 3 nitrogen and oxygen atoms in total. The van der Waals surface area contributed by atoms with E-state index in [1.54, 1.807) is 12.1 Å². The van der Waals surface area contributed by atoms with Gasteiger partial charge in [-0.1, -0.05) is 12.1 Å². The maximum atomic E-state index is 13.5. The van der Waals surface area contributed by atoms with Crippen LogP contribution < -0.4 is 0 Å². The second-order valence-corrected chi connectivity index (χ2v) is 3.73. The van der Waals surface area contributed by atoms with Gasteiger partial charge in [0.2, 0.25) is 5.89 Å². The van der Waals surface area contributed by atoms with E-state index in [4.69, 9.17) is 22.6 Å². The Labute approximate surface area is 108 Å². The fraction of sp³-hybridized carbons (Fsp3) is 0.0769. The average molecular weight is 263 g/mol. The average Bonchev–Trinajstić information content (AvgIpc) is 2.85. The standard InChI is InChI=1S/C13H8ClFN2O/c1-16-10-4-2-9(12(15)6-10)3-5-13-17-11(7-14)8-18-13/h2-6,8H,7H2/b5-3+. The Balaban J connectivity index is 2.21. The van der Waals surface area contributed by atoms with Crippen LogP contribution in [0.5, 0.6) is 0 Å². The molecule has 0 saturated carbocycles. The van der Waals surface area contributed by atoms with Crippen molar-refractivity contribution < 1.29 is 8.81 Å². The van der Waals surface area contributed by atoms with E-state index in [0.717, 1.165) is 0 Å². The number of aromatic nitrogens is 1. The van der Waals surface area contributed by atoms with Crippen molar-refractivity contribution in [2.45, 2.75) is 5.88 Å². The number of alkyl halides is 1. The molecule has 0 saturated heterocycles. The Morgan fingerprint density at radius 2 is 2.28 bits per heavy atom. The molecule has 0 spiro atoms. The number of oxazole rings is 1. The molecule has 0 unspecified atom stereocenters. The largest absolute Gasteiger partial charge is 0.445 e. The molecule has 0 aliphatic rings. The number of hydrogen-bond donors (Lipinski definition) is 0. The van der Waals surface area contributed by atoms with Crippen LogP contribution in [0.4, 0.5) is 10.1 Å². The van der Waals surface area contributed by atoms with Crippen LogP contribution in [0.1, 0.15) is 17.1 Å². The first-order valence-corrected chi connectivity index (χ1v) is 5.62. The Hall–Kier alpha value is -2.12. The van der Waals surface area contributed by atoms with E-state index in [-0.39, 0.29) is 11.6 Å². The summed E-state index contributed by atoms with van der Waals surface area (Å²) < 4.78 is 18.7. The summed E-state index contributed by atoms with van der Waals surface area (Å²) in [6.07, 6.45) is 4.53. The number of nitrogens with zero attached hydrogens (tertiary/aromatic N) is 2. The zero-order valence-corrected chi connectivity index (χ0v) is 9.99. The maximum absolute atomic E-state index is 13.5. The summed E-state index contributed by atoms with van der Waals surface area (Å²) in [5.74, 6) is 0.175. The monoisotopic (exact) mass is 262 g/mol. The third-order valence-corrected chi connectivity index (χ3v) is 2.50. The van der Waals surface area contributed by atoms with Crippen LogP contribution in [0.2, 0.25) is 0 Å². The third-order valence-electron chi connectivity index (χ3n) is 2.23. The highest BCUT2D eigenvalue weighted by atomic mass is 35.5. The van der Waals surface area contributed by atoms with Crippen molar-refractivity contribution in [1.82, 2.24) is 4.98 Å². The quantitative estimate of drug-likeness (QED) is 0.611. The van der Waals surface area contributed by atoms with Gasteiger partial charge in [-0.15, -0.1) is 11.6 Å². The van der Waals surface area contributed by atoms with Gasteiger partial charge in [-0.05, 0) is 12.1 Å². The zero-order valence-electron chi connectivity index (χ0n) is 9.23. The topological polar surface area (TPSA) is 30.4 Å². The number of hydrogen-bond acceptors (Lipinski definition) is 2. The minimum atomic E-state index is -0.455. The highest BCUT2D eigenvalue weighted by Crippen LogP contribution is 2.19. The number of halogens is 2. The summed E-state index contributed by atoms with van der Waals surface area (Å²) in [6.45, 7) is 6.77. The van der Waals surface area contributed by atoms with Gasteiger partial charge >= 0.3 is 0 Å². The van der Waals surface area contributed by atoms with Gasteiger partial charge in [0.1, 0.15) is 12.1 Å². The molecule has 18 heavy (non-hydrogen) atoms. The zero-order chi connectivity index (χ0) is 13.0. The molecule has 1 aromatic heterocycles. The summed E-state index contributed by atoms with van der Waals surface area (Å²) in [5.41, 5.74) is 1.26. The predicted molar refractivity (Wildman–Crippen MR) is 67.7 cm³/mol. The number of benzene rings is 1. The van der Waals surface area contributed by atoms with E-state index < -0.39 is 5.82 Å². The molecule has 1 heterocycles. The fourth-order valence-electron chi connectivity index (χ4n) is 1.34. The first-order valence-electron chi connectivity index (χ1n) is 5.08. The SMILES string of the molecule is [C-]#[N+]c1ccc(/C=C/c2nc(CCl)co2)c(F)c1. The molecule has 0 radical (unpaired) electrons. The van der Waals surface area contributed by atoms with Crippen molar-refractivity contribution >= 4 is 29.4 Å². The van der Waals surface area contributed by atoms with Crippen molar-refractivity contribution in [3.63, 3.8) is 0 Å². The summed E-state index contributed by atoms with van der Waals surface area (Å²) in [4.78, 5) is 7.20. The van der Waals surface area contributed by atoms with E-state index in [2.05, 4.69) is 9.83 Å². The molecule has 1 aromatic carbocycles. The van der Waals surface area contributed by atoms with E-state index >= 15 is 0 Å². The molecule has 0 bridgehead atoms. The highest BCUT2D eigenvalue weighted by molar-refractivity contribution is 6.16. The lowest BCUT2D eigenvalue weighted by Crippen LogP contribution is -1.81. The molecule has 0 atom stereocenters. The first-order chi connectivity index (χ1) is 8.72. The van der Waals surface area contributed by atoms with Gasteiger partial charge in [0.05, 0.1) is 18.1 Å². The van der Waals surface area contributed by atoms with Gasteiger partial charge in [0, 0.05) is 11.6 Å². The van der Waals surface area contributed by atoms with Gasteiger partial charge in [0.25, 0.3) is 0 Å². The summed E-state index contributed by atoms with van der Waals surface area (Å²) >= 11 is 5.58. The Kier molecular flexibility index (Phi) is 3.75. The first kappa shape index (κ1) is 12.3. The lowest BCUT2D eigenvalue weighted by Gasteiger charge is -1.96. The van der Waals surface area contributed by atoms with Crippen molar-refractivity contribution in [2.75, 3.05) is 0 Å². The van der Waals surface area contributed by atoms with Gasteiger partial charge in [0.15, 0.2) is 5.69 Å². The van der Waals surface area contributed by atoms with Gasteiger partial charge in [-0.3, -0.25) is 0 Å². The van der Waals surface area contributed by atoms with Crippen LogP contribution >= 0.6 is 11.6 Å². The summed E-state index contributed by atoms with van der Waals surface area (Å²) in [5, 5.41) is 0.